The van der Waals surface area contributed by atoms with E-state index in [9.17, 15) is 9.59 Å². The lowest BCUT2D eigenvalue weighted by Gasteiger charge is -2.01. The van der Waals surface area contributed by atoms with Crippen LogP contribution in [-0.2, 0) is 11.2 Å². The number of H-pyrrole nitrogens is 1. The van der Waals surface area contributed by atoms with Crippen LogP contribution in [0.3, 0.4) is 0 Å². The molecule has 0 unspecified atom stereocenters. The van der Waals surface area contributed by atoms with Crippen LogP contribution in [0.5, 0.6) is 0 Å². The molecule has 0 bridgehead atoms. The summed E-state index contributed by atoms with van der Waals surface area (Å²) < 4.78 is 0.822. The molecule has 3 N–H and O–H groups in total. The minimum Gasteiger partial charge on any atom is -0.369 e. The van der Waals surface area contributed by atoms with Crippen molar-refractivity contribution in [3.05, 3.63) is 38.9 Å². The van der Waals surface area contributed by atoms with Crippen LogP contribution >= 0.6 is 15.9 Å². The molecular formula is C10H8BrN3O2. The van der Waals surface area contributed by atoms with E-state index in [2.05, 4.69) is 25.9 Å². The largest absolute Gasteiger partial charge is 0.369 e. The molecule has 1 amide bonds. The van der Waals surface area contributed by atoms with E-state index in [1.54, 1.807) is 18.2 Å². The number of nitrogens with two attached hydrogens (primary N) is 1. The number of halogens is 1. The molecule has 0 saturated carbocycles. The monoisotopic (exact) mass is 281 g/mol. The summed E-state index contributed by atoms with van der Waals surface area (Å²) in [6, 6.07) is 5.14. The fourth-order valence-electron chi connectivity index (χ4n) is 1.41. The maximum absolute atomic E-state index is 11.6. The predicted molar refractivity (Wildman–Crippen MR) is 63.0 cm³/mol. The van der Waals surface area contributed by atoms with Crippen molar-refractivity contribution >= 4 is 32.7 Å². The summed E-state index contributed by atoms with van der Waals surface area (Å²) in [5.74, 6) is -0.249. The second-order valence-electron chi connectivity index (χ2n) is 3.32. The minimum absolute atomic E-state index is 0.0717. The summed E-state index contributed by atoms with van der Waals surface area (Å²) in [5, 5.41) is 0.483. The molecule has 1 aromatic carbocycles. The van der Waals surface area contributed by atoms with Gasteiger partial charge in [-0.2, -0.15) is 0 Å². The van der Waals surface area contributed by atoms with E-state index >= 15 is 0 Å². The number of hydrogen-bond donors (Lipinski definition) is 2. The number of carbonyl (C=O) groups excluding carboxylic acids is 1. The first-order valence-corrected chi connectivity index (χ1v) is 5.32. The van der Waals surface area contributed by atoms with Gasteiger partial charge in [0.2, 0.25) is 5.91 Å². The molecule has 2 aromatic rings. The van der Waals surface area contributed by atoms with Crippen molar-refractivity contribution < 1.29 is 4.79 Å². The molecule has 0 saturated heterocycles. The number of aromatic amines is 1. The van der Waals surface area contributed by atoms with Crippen molar-refractivity contribution in [3.8, 4) is 0 Å². The summed E-state index contributed by atoms with van der Waals surface area (Å²) in [4.78, 5) is 29.0. The van der Waals surface area contributed by atoms with Crippen LogP contribution < -0.4 is 11.3 Å². The van der Waals surface area contributed by atoms with Crippen molar-refractivity contribution in [2.24, 2.45) is 5.73 Å². The molecule has 5 nitrogen and oxygen atoms in total. The third-order valence-corrected chi connectivity index (χ3v) is 2.55. The number of benzene rings is 1. The lowest BCUT2D eigenvalue weighted by molar-refractivity contribution is -0.117. The maximum Gasteiger partial charge on any atom is 0.258 e. The van der Waals surface area contributed by atoms with Gasteiger partial charge < -0.3 is 10.7 Å². The molecule has 0 aliphatic carbocycles. The molecule has 6 heteroatoms. The van der Waals surface area contributed by atoms with Gasteiger partial charge in [-0.3, -0.25) is 9.59 Å². The first-order valence-electron chi connectivity index (χ1n) is 4.53. The number of carbonyl (C=O) groups is 1. The Bertz CT molecular complexity index is 621. The first kappa shape index (κ1) is 10.8. The number of amides is 1. The van der Waals surface area contributed by atoms with Crippen LogP contribution in [0, 0.1) is 0 Å². The Balaban J connectivity index is 2.65. The predicted octanol–water partition coefficient (Wildman–Crippen LogP) is 0.713. The van der Waals surface area contributed by atoms with Gasteiger partial charge in [0, 0.05) is 4.47 Å². The zero-order valence-electron chi connectivity index (χ0n) is 8.16. The van der Waals surface area contributed by atoms with Crippen LogP contribution in [0.4, 0.5) is 0 Å². The lowest BCUT2D eigenvalue weighted by Crippen LogP contribution is -2.19. The molecule has 0 aliphatic heterocycles. The highest BCUT2D eigenvalue weighted by Gasteiger charge is 2.06. The van der Waals surface area contributed by atoms with Gasteiger partial charge in [0.05, 0.1) is 17.3 Å². The third kappa shape index (κ3) is 2.11. The van der Waals surface area contributed by atoms with E-state index < -0.39 is 5.91 Å². The molecule has 0 atom stereocenters. The van der Waals surface area contributed by atoms with Gasteiger partial charge in [0.15, 0.2) is 0 Å². The molecule has 16 heavy (non-hydrogen) atoms. The molecule has 2 rings (SSSR count). The van der Waals surface area contributed by atoms with Gasteiger partial charge in [-0.05, 0) is 18.2 Å². The lowest BCUT2D eigenvalue weighted by atomic mass is 10.2. The highest BCUT2D eigenvalue weighted by molar-refractivity contribution is 9.10. The van der Waals surface area contributed by atoms with Crippen molar-refractivity contribution in [2.45, 2.75) is 6.42 Å². The Hall–Kier alpha value is -1.69. The molecule has 0 fully saturated rings. The second kappa shape index (κ2) is 4.05. The molecule has 1 heterocycles. The van der Waals surface area contributed by atoms with Crippen LogP contribution in [0.15, 0.2) is 27.5 Å². The normalized spacial score (nSPS) is 10.6. The second-order valence-corrected chi connectivity index (χ2v) is 4.23. The molecule has 0 aliphatic rings. The van der Waals surface area contributed by atoms with Gasteiger partial charge in [0.25, 0.3) is 5.56 Å². The summed E-state index contributed by atoms with van der Waals surface area (Å²) >= 11 is 3.29. The number of primary amides is 1. The first-order chi connectivity index (χ1) is 7.56. The van der Waals surface area contributed by atoms with Gasteiger partial charge in [-0.25, -0.2) is 4.98 Å². The van der Waals surface area contributed by atoms with Crippen molar-refractivity contribution in [1.82, 2.24) is 9.97 Å². The Morgan fingerprint density at radius 1 is 1.50 bits per heavy atom. The van der Waals surface area contributed by atoms with Crippen molar-refractivity contribution in [3.63, 3.8) is 0 Å². The van der Waals surface area contributed by atoms with Gasteiger partial charge in [0.1, 0.15) is 5.82 Å². The van der Waals surface area contributed by atoms with Crippen LogP contribution in [0.1, 0.15) is 5.82 Å². The fraction of sp³-hybridized carbons (Fsp3) is 0.100. The summed E-state index contributed by atoms with van der Waals surface area (Å²) in [7, 11) is 0. The number of nitrogens with one attached hydrogen (secondary N) is 1. The molecular weight excluding hydrogens is 274 g/mol. The van der Waals surface area contributed by atoms with Gasteiger partial charge >= 0.3 is 0 Å². The van der Waals surface area contributed by atoms with Crippen LogP contribution in [0.25, 0.3) is 10.9 Å². The Morgan fingerprint density at radius 3 is 2.94 bits per heavy atom. The quantitative estimate of drug-likeness (QED) is 0.850. The third-order valence-electron chi connectivity index (χ3n) is 2.06. The smallest absolute Gasteiger partial charge is 0.258 e. The Labute approximate surface area is 98.8 Å². The highest BCUT2D eigenvalue weighted by Crippen LogP contribution is 2.15. The number of hydrogen-bond acceptors (Lipinski definition) is 3. The molecule has 82 valence electrons. The zero-order chi connectivity index (χ0) is 11.7. The van der Waals surface area contributed by atoms with E-state index in [0.717, 1.165) is 4.47 Å². The van der Waals surface area contributed by atoms with E-state index in [-0.39, 0.29) is 17.8 Å². The van der Waals surface area contributed by atoms with E-state index in [1.165, 1.54) is 0 Å². The Morgan fingerprint density at radius 2 is 2.25 bits per heavy atom. The summed E-state index contributed by atoms with van der Waals surface area (Å²) in [6.45, 7) is 0. The number of rotatable bonds is 2. The average Bonchev–Trinajstić information content (AvgIpc) is 2.15. The van der Waals surface area contributed by atoms with Crippen LogP contribution in [0.2, 0.25) is 0 Å². The SMILES string of the molecule is NC(=O)Cc1nc2cc(Br)ccc2c(=O)[nH]1. The molecule has 0 spiro atoms. The number of aromatic nitrogens is 2. The van der Waals surface area contributed by atoms with Crippen LogP contribution in [-0.4, -0.2) is 15.9 Å². The minimum atomic E-state index is -0.530. The van der Waals surface area contributed by atoms with Gasteiger partial charge in [-0.1, -0.05) is 15.9 Å². The average molecular weight is 282 g/mol. The Kier molecular flexibility index (Phi) is 2.74. The topological polar surface area (TPSA) is 88.8 Å². The highest BCUT2D eigenvalue weighted by atomic mass is 79.9. The van der Waals surface area contributed by atoms with Gasteiger partial charge in [-0.15, -0.1) is 0 Å². The maximum atomic E-state index is 11.6. The number of nitrogens with zero attached hydrogens (tertiary/aromatic N) is 1. The van der Waals surface area contributed by atoms with Crippen molar-refractivity contribution in [1.29, 1.82) is 0 Å². The fourth-order valence-corrected chi connectivity index (χ4v) is 1.76. The van der Waals surface area contributed by atoms with Crippen molar-refractivity contribution in [2.75, 3.05) is 0 Å². The van der Waals surface area contributed by atoms with E-state index in [1.807, 2.05) is 0 Å². The van der Waals surface area contributed by atoms with E-state index in [0.29, 0.717) is 10.9 Å². The molecule has 1 aromatic heterocycles. The number of fused-ring (bicyclic) bond motifs is 1. The summed E-state index contributed by atoms with van der Waals surface area (Å²) in [6.07, 6.45) is -0.0717. The standard InChI is InChI=1S/C10H8BrN3O2/c11-5-1-2-6-7(3-5)13-9(4-8(12)15)14-10(6)16/h1-3H,4H2,(H2,12,15)(H,13,14,16). The zero-order valence-corrected chi connectivity index (χ0v) is 9.74. The van der Waals surface area contributed by atoms with E-state index in [4.69, 9.17) is 5.73 Å². The molecule has 0 radical (unpaired) electrons. The summed E-state index contributed by atoms with van der Waals surface area (Å²) in [5.41, 5.74) is 5.31.